The molecule has 0 aliphatic carbocycles. The van der Waals surface area contributed by atoms with E-state index in [9.17, 15) is 0 Å². The Hall–Kier alpha value is -1.27. The van der Waals surface area contributed by atoms with E-state index >= 15 is 0 Å². The summed E-state index contributed by atoms with van der Waals surface area (Å²) in [5.41, 5.74) is 2.06. The van der Waals surface area contributed by atoms with E-state index in [1.54, 1.807) is 0 Å². The molecule has 0 saturated carbocycles. The SMILES string of the molecule is C#CC(NCCC)c1cc(C)nn1C. The minimum Gasteiger partial charge on any atom is -0.299 e. The highest BCUT2D eigenvalue weighted by atomic mass is 15.3. The summed E-state index contributed by atoms with van der Waals surface area (Å²) in [6.07, 6.45) is 6.55. The van der Waals surface area contributed by atoms with Crippen molar-refractivity contribution < 1.29 is 0 Å². The summed E-state index contributed by atoms with van der Waals surface area (Å²) in [4.78, 5) is 0. The van der Waals surface area contributed by atoms with E-state index in [4.69, 9.17) is 6.42 Å². The van der Waals surface area contributed by atoms with E-state index in [0.29, 0.717) is 0 Å². The predicted molar refractivity (Wildman–Crippen MR) is 57.8 cm³/mol. The molecule has 1 rings (SSSR count). The molecule has 0 aromatic carbocycles. The monoisotopic (exact) mass is 191 g/mol. The molecule has 0 spiro atoms. The van der Waals surface area contributed by atoms with Gasteiger partial charge in [0.25, 0.3) is 0 Å². The van der Waals surface area contributed by atoms with Crippen molar-refractivity contribution in [3.63, 3.8) is 0 Å². The van der Waals surface area contributed by atoms with Crippen LogP contribution in [0.3, 0.4) is 0 Å². The standard InChI is InChI=1S/C11H17N3/c1-5-7-12-10(6-2)11-8-9(3)13-14(11)4/h2,8,10,12H,5,7H2,1,3-4H3. The Kier molecular flexibility index (Phi) is 3.73. The summed E-state index contributed by atoms with van der Waals surface area (Å²) >= 11 is 0. The summed E-state index contributed by atoms with van der Waals surface area (Å²) < 4.78 is 1.84. The fourth-order valence-electron chi connectivity index (χ4n) is 1.44. The zero-order valence-corrected chi connectivity index (χ0v) is 9.04. The number of rotatable bonds is 4. The van der Waals surface area contributed by atoms with Crippen LogP contribution in [0.5, 0.6) is 0 Å². The lowest BCUT2D eigenvalue weighted by Gasteiger charge is -2.12. The molecule has 1 N–H and O–H groups in total. The molecular formula is C11H17N3. The maximum absolute atomic E-state index is 5.47. The Morgan fingerprint density at radius 1 is 1.71 bits per heavy atom. The van der Waals surface area contributed by atoms with E-state index in [-0.39, 0.29) is 6.04 Å². The van der Waals surface area contributed by atoms with E-state index in [1.807, 2.05) is 24.7 Å². The molecule has 0 aliphatic heterocycles. The lowest BCUT2D eigenvalue weighted by atomic mass is 10.2. The van der Waals surface area contributed by atoms with Gasteiger partial charge in [-0.3, -0.25) is 10.00 Å². The van der Waals surface area contributed by atoms with Crippen LogP contribution in [0.25, 0.3) is 0 Å². The lowest BCUT2D eigenvalue weighted by molar-refractivity contribution is 0.577. The van der Waals surface area contributed by atoms with Crippen LogP contribution in [-0.2, 0) is 7.05 Å². The zero-order valence-electron chi connectivity index (χ0n) is 9.04. The van der Waals surface area contributed by atoms with Crippen LogP contribution in [-0.4, -0.2) is 16.3 Å². The first kappa shape index (κ1) is 10.8. The van der Waals surface area contributed by atoms with Crippen LogP contribution in [0.1, 0.15) is 30.8 Å². The first-order valence-electron chi connectivity index (χ1n) is 4.89. The molecule has 0 fully saturated rings. The van der Waals surface area contributed by atoms with Crippen molar-refractivity contribution in [3.8, 4) is 12.3 Å². The Morgan fingerprint density at radius 3 is 2.86 bits per heavy atom. The number of terminal acetylenes is 1. The van der Waals surface area contributed by atoms with Crippen molar-refractivity contribution >= 4 is 0 Å². The van der Waals surface area contributed by atoms with Crippen molar-refractivity contribution in [1.82, 2.24) is 15.1 Å². The number of hydrogen-bond acceptors (Lipinski definition) is 2. The molecule has 76 valence electrons. The molecule has 1 aromatic heterocycles. The van der Waals surface area contributed by atoms with Crippen molar-refractivity contribution in [2.45, 2.75) is 26.3 Å². The van der Waals surface area contributed by atoms with Gasteiger partial charge in [-0.1, -0.05) is 12.8 Å². The Balaban J connectivity index is 2.79. The van der Waals surface area contributed by atoms with Crippen LogP contribution in [0.2, 0.25) is 0 Å². The number of nitrogens with zero attached hydrogens (tertiary/aromatic N) is 2. The predicted octanol–water partition coefficient (Wildman–Crippen LogP) is 1.40. The second-order valence-corrected chi connectivity index (χ2v) is 3.39. The molecule has 3 nitrogen and oxygen atoms in total. The van der Waals surface area contributed by atoms with Gasteiger partial charge in [-0.15, -0.1) is 6.42 Å². The molecule has 0 radical (unpaired) electrons. The van der Waals surface area contributed by atoms with Crippen LogP contribution in [0.4, 0.5) is 0 Å². The average molecular weight is 191 g/mol. The third-order valence-electron chi connectivity index (χ3n) is 2.10. The Bertz CT molecular complexity index is 333. The molecule has 1 heterocycles. The third-order valence-corrected chi connectivity index (χ3v) is 2.10. The van der Waals surface area contributed by atoms with Crippen molar-refractivity contribution in [1.29, 1.82) is 0 Å². The molecule has 1 aromatic rings. The number of aryl methyl sites for hydroxylation is 2. The fourth-order valence-corrected chi connectivity index (χ4v) is 1.44. The molecule has 14 heavy (non-hydrogen) atoms. The molecule has 3 heteroatoms. The van der Waals surface area contributed by atoms with Crippen molar-refractivity contribution in [2.75, 3.05) is 6.54 Å². The number of hydrogen-bond donors (Lipinski definition) is 1. The highest BCUT2D eigenvalue weighted by Crippen LogP contribution is 2.12. The van der Waals surface area contributed by atoms with Gasteiger partial charge in [0.1, 0.15) is 6.04 Å². The van der Waals surface area contributed by atoms with Crippen LogP contribution in [0.15, 0.2) is 6.07 Å². The molecule has 0 amide bonds. The van der Waals surface area contributed by atoms with Gasteiger partial charge in [0.05, 0.1) is 11.4 Å². The summed E-state index contributed by atoms with van der Waals surface area (Å²) in [5, 5.41) is 7.56. The summed E-state index contributed by atoms with van der Waals surface area (Å²) in [6, 6.07) is 1.99. The zero-order chi connectivity index (χ0) is 10.6. The van der Waals surface area contributed by atoms with E-state index in [0.717, 1.165) is 24.4 Å². The van der Waals surface area contributed by atoms with E-state index < -0.39 is 0 Å². The molecular weight excluding hydrogens is 174 g/mol. The Morgan fingerprint density at radius 2 is 2.43 bits per heavy atom. The van der Waals surface area contributed by atoms with Crippen molar-refractivity contribution in [2.24, 2.45) is 7.05 Å². The molecule has 0 bridgehead atoms. The van der Waals surface area contributed by atoms with E-state index in [1.165, 1.54) is 0 Å². The minimum absolute atomic E-state index is 0.0267. The van der Waals surface area contributed by atoms with Gasteiger partial charge in [-0.05, 0) is 26.0 Å². The third kappa shape index (κ3) is 2.36. The van der Waals surface area contributed by atoms with Crippen LogP contribution < -0.4 is 5.32 Å². The highest BCUT2D eigenvalue weighted by molar-refractivity contribution is 5.20. The van der Waals surface area contributed by atoms with Gasteiger partial charge in [-0.25, -0.2) is 0 Å². The van der Waals surface area contributed by atoms with E-state index in [2.05, 4.69) is 23.3 Å². The quantitative estimate of drug-likeness (QED) is 0.729. The molecule has 1 atom stereocenters. The molecule has 1 unspecified atom stereocenters. The number of aromatic nitrogens is 2. The number of nitrogens with one attached hydrogen (secondary N) is 1. The van der Waals surface area contributed by atoms with Gasteiger partial charge in [0, 0.05) is 7.05 Å². The van der Waals surface area contributed by atoms with Gasteiger partial charge < -0.3 is 0 Å². The first-order valence-corrected chi connectivity index (χ1v) is 4.89. The van der Waals surface area contributed by atoms with Gasteiger partial charge >= 0.3 is 0 Å². The maximum Gasteiger partial charge on any atom is 0.111 e. The summed E-state index contributed by atoms with van der Waals surface area (Å²) in [7, 11) is 1.92. The largest absolute Gasteiger partial charge is 0.299 e. The average Bonchev–Trinajstić information content (AvgIpc) is 2.47. The van der Waals surface area contributed by atoms with Crippen LogP contribution >= 0.6 is 0 Å². The first-order chi connectivity index (χ1) is 6.69. The normalized spacial score (nSPS) is 12.4. The van der Waals surface area contributed by atoms with Gasteiger partial charge in [0.15, 0.2) is 0 Å². The molecule has 0 aliphatic rings. The summed E-state index contributed by atoms with van der Waals surface area (Å²) in [5.74, 6) is 2.74. The van der Waals surface area contributed by atoms with Gasteiger partial charge in [0.2, 0.25) is 0 Å². The second-order valence-electron chi connectivity index (χ2n) is 3.39. The van der Waals surface area contributed by atoms with Crippen LogP contribution in [0, 0.1) is 19.3 Å². The smallest absolute Gasteiger partial charge is 0.111 e. The topological polar surface area (TPSA) is 29.9 Å². The second kappa shape index (κ2) is 4.83. The minimum atomic E-state index is -0.0267. The summed E-state index contributed by atoms with van der Waals surface area (Å²) in [6.45, 7) is 5.02. The maximum atomic E-state index is 5.47. The lowest BCUT2D eigenvalue weighted by Crippen LogP contribution is -2.22. The fraction of sp³-hybridized carbons (Fsp3) is 0.545. The van der Waals surface area contributed by atoms with Gasteiger partial charge in [-0.2, -0.15) is 5.10 Å². The Labute approximate surface area is 85.5 Å². The highest BCUT2D eigenvalue weighted by Gasteiger charge is 2.11. The van der Waals surface area contributed by atoms with Crippen molar-refractivity contribution in [3.05, 3.63) is 17.5 Å². The molecule has 0 saturated heterocycles.